The van der Waals surface area contributed by atoms with Gasteiger partial charge in [0.2, 0.25) is 0 Å². The van der Waals surface area contributed by atoms with Crippen LogP contribution in [0.25, 0.3) is 0 Å². The molecule has 1 saturated carbocycles. The molecule has 0 amide bonds. The summed E-state index contributed by atoms with van der Waals surface area (Å²) < 4.78 is 1.67. The zero-order valence-corrected chi connectivity index (χ0v) is 6.22. The number of nitrogens with zero attached hydrogens (tertiary/aromatic N) is 3. The molecule has 1 fully saturated rings. The zero-order chi connectivity index (χ0) is 7.68. The van der Waals surface area contributed by atoms with E-state index in [1.165, 1.54) is 6.33 Å². The van der Waals surface area contributed by atoms with Gasteiger partial charge in [-0.15, -0.1) is 0 Å². The minimum Gasteiger partial charge on any atom is -0.391 e. The summed E-state index contributed by atoms with van der Waals surface area (Å²) in [5, 5.41) is 13.4. The number of aromatic nitrogens is 3. The Kier molecular flexibility index (Phi) is 1.62. The Morgan fingerprint density at radius 1 is 1.64 bits per heavy atom. The zero-order valence-electron chi connectivity index (χ0n) is 6.22. The Hall–Kier alpha value is -0.900. The summed E-state index contributed by atoms with van der Waals surface area (Å²) in [5.41, 5.74) is 0. The molecular formula is C7H11N3O. The predicted octanol–water partition coefficient (Wildman–Crippen LogP) is 0.0490. The van der Waals surface area contributed by atoms with E-state index in [1.54, 1.807) is 11.0 Å². The summed E-state index contributed by atoms with van der Waals surface area (Å²) in [6.07, 6.45) is 5.22. The van der Waals surface area contributed by atoms with E-state index in [0.29, 0.717) is 12.5 Å². The molecule has 1 aromatic heterocycles. The molecular weight excluding hydrogens is 142 g/mol. The summed E-state index contributed by atoms with van der Waals surface area (Å²) in [6.45, 7) is 0.588. The van der Waals surface area contributed by atoms with E-state index >= 15 is 0 Å². The number of aliphatic hydroxyl groups excluding tert-OH is 1. The van der Waals surface area contributed by atoms with Crippen molar-refractivity contribution in [1.29, 1.82) is 0 Å². The topological polar surface area (TPSA) is 50.9 Å². The van der Waals surface area contributed by atoms with Gasteiger partial charge in [-0.2, -0.15) is 5.10 Å². The number of aliphatic hydroxyl groups is 1. The standard InChI is InChI=1S/C7H11N3O/c11-7(6-1-2-6)3-10-5-8-4-9-10/h4-7,11H,1-3H2. The van der Waals surface area contributed by atoms with E-state index in [-0.39, 0.29) is 6.10 Å². The molecule has 1 N–H and O–H groups in total. The molecule has 1 heterocycles. The van der Waals surface area contributed by atoms with Crippen LogP contribution in [0.15, 0.2) is 12.7 Å². The third kappa shape index (κ3) is 1.57. The molecule has 60 valence electrons. The molecule has 0 aliphatic heterocycles. The SMILES string of the molecule is OC(Cn1cncn1)C1CC1. The molecule has 0 saturated heterocycles. The van der Waals surface area contributed by atoms with Crippen molar-refractivity contribution in [3.63, 3.8) is 0 Å². The highest BCUT2D eigenvalue weighted by molar-refractivity contribution is 4.80. The fourth-order valence-electron chi connectivity index (χ4n) is 1.15. The molecule has 0 spiro atoms. The van der Waals surface area contributed by atoms with Crippen molar-refractivity contribution in [3.8, 4) is 0 Å². The lowest BCUT2D eigenvalue weighted by molar-refractivity contribution is 0.127. The van der Waals surface area contributed by atoms with Gasteiger partial charge in [0, 0.05) is 0 Å². The van der Waals surface area contributed by atoms with E-state index < -0.39 is 0 Å². The number of hydrogen-bond donors (Lipinski definition) is 1. The van der Waals surface area contributed by atoms with Gasteiger partial charge in [-0.05, 0) is 18.8 Å². The van der Waals surface area contributed by atoms with Gasteiger partial charge < -0.3 is 5.11 Å². The highest BCUT2D eigenvalue weighted by Crippen LogP contribution is 2.32. The monoisotopic (exact) mass is 153 g/mol. The molecule has 4 nitrogen and oxygen atoms in total. The van der Waals surface area contributed by atoms with Gasteiger partial charge >= 0.3 is 0 Å². The molecule has 2 rings (SSSR count). The summed E-state index contributed by atoms with van der Waals surface area (Å²) in [5.74, 6) is 0.513. The maximum atomic E-state index is 9.47. The van der Waals surface area contributed by atoms with Crippen LogP contribution in [0.2, 0.25) is 0 Å². The van der Waals surface area contributed by atoms with E-state index in [0.717, 1.165) is 12.8 Å². The molecule has 1 aromatic rings. The van der Waals surface area contributed by atoms with Crippen molar-refractivity contribution in [1.82, 2.24) is 14.8 Å². The molecule has 1 unspecified atom stereocenters. The van der Waals surface area contributed by atoms with Gasteiger partial charge in [0.05, 0.1) is 12.6 Å². The average molecular weight is 153 g/mol. The second-order valence-corrected chi connectivity index (χ2v) is 3.02. The first kappa shape index (κ1) is 6.79. The van der Waals surface area contributed by atoms with Crippen molar-refractivity contribution < 1.29 is 5.11 Å². The fraction of sp³-hybridized carbons (Fsp3) is 0.714. The minimum absolute atomic E-state index is 0.225. The lowest BCUT2D eigenvalue weighted by Crippen LogP contribution is -2.18. The first-order valence-corrected chi connectivity index (χ1v) is 3.87. The summed E-state index contributed by atoms with van der Waals surface area (Å²) in [7, 11) is 0. The fourth-order valence-corrected chi connectivity index (χ4v) is 1.15. The molecule has 0 aromatic carbocycles. The highest BCUT2D eigenvalue weighted by atomic mass is 16.3. The first-order chi connectivity index (χ1) is 5.36. The van der Waals surface area contributed by atoms with Crippen LogP contribution in [0.5, 0.6) is 0 Å². The van der Waals surface area contributed by atoms with E-state index in [2.05, 4.69) is 10.1 Å². The van der Waals surface area contributed by atoms with Crippen molar-refractivity contribution in [2.45, 2.75) is 25.5 Å². The smallest absolute Gasteiger partial charge is 0.137 e. The van der Waals surface area contributed by atoms with Crippen LogP contribution in [0, 0.1) is 5.92 Å². The van der Waals surface area contributed by atoms with Gasteiger partial charge in [0.1, 0.15) is 12.7 Å². The van der Waals surface area contributed by atoms with Crippen molar-refractivity contribution in [3.05, 3.63) is 12.7 Å². The lowest BCUT2D eigenvalue weighted by atomic mass is 10.2. The number of hydrogen-bond acceptors (Lipinski definition) is 3. The van der Waals surface area contributed by atoms with Crippen LogP contribution < -0.4 is 0 Å². The van der Waals surface area contributed by atoms with Gasteiger partial charge in [0.15, 0.2) is 0 Å². The van der Waals surface area contributed by atoms with Gasteiger partial charge in [0.25, 0.3) is 0 Å². The second kappa shape index (κ2) is 2.62. The molecule has 0 radical (unpaired) electrons. The van der Waals surface area contributed by atoms with Crippen molar-refractivity contribution >= 4 is 0 Å². The molecule has 11 heavy (non-hydrogen) atoms. The van der Waals surface area contributed by atoms with Gasteiger partial charge in [-0.25, -0.2) is 4.98 Å². The summed E-state index contributed by atoms with van der Waals surface area (Å²) in [4.78, 5) is 3.80. The van der Waals surface area contributed by atoms with Crippen molar-refractivity contribution in [2.75, 3.05) is 0 Å². The molecule has 0 bridgehead atoms. The van der Waals surface area contributed by atoms with Crippen LogP contribution in [-0.4, -0.2) is 26.0 Å². The van der Waals surface area contributed by atoms with Gasteiger partial charge in [-0.1, -0.05) is 0 Å². The highest BCUT2D eigenvalue weighted by Gasteiger charge is 2.29. The Balaban J connectivity index is 1.89. The maximum absolute atomic E-state index is 9.47. The lowest BCUT2D eigenvalue weighted by Gasteiger charge is -2.07. The Labute approximate surface area is 64.9 Å². The summed E-state index contributed by atoms with van der Waals surface area (Å²) in [6, 6.07) is 0. The quantitative estimate of drug-likeness (QED) is 0.667. The third-order valence-corrected chi connectivity index (χ3v) is 2.01. The maximum Gasteiger partial charge on any atom is 0.137 e. The second-order valence-electron chi connectivity index (χ2n) is 3.02. The van der Waals surface area contributed by atoms with E-state index in [4.69, 9.17) is 0 Å². The molecule has 1 aliphatic carbocycles. The first-order valence-electron chi connectivity index (χ1n) is 3.87. The van der Waals surface area contributed by atoms with E-state index in [1.807, 2.05) is 0 Å². The van der Waals surface area contributed by atoms with Crippen LogP contribution in [0.3, 0.4) is 0 Å². The van der Waals surface area contributed by atoms with Crippen molar-refractivity contribution in [2.24, 2.45) is 5.92 Å². The van der Waals surface area contributed by atoms with E-state index in [9.17, 15) is 5.11 Å². The largest absolute Gasteiger partial charge is 0.391 e. The Morgan fingerprint density at radius 3 is 3.00 bits per heavy atom. The third-order valence-electron chi connectivity index (χ3n) is 2.01. The molecule has 1 atom stereocenters. The summed E-state index contributed by atoms with van der Waals surface area (Å²) >= 11 is 0. The minimum atomic E-state index is -0.225. The normalized spacial score (nSPS) is 20.1. The molecule has 1 aliphatic rings. The number of rotatable bonds is 3. The Bertz CT molecular complexity index is 218. The average Bonchev–Trinajstić information content (AvgIpc) is 2.73. The van der Waals surface area contributed by atoms with Crippen LogP contribution in [0.1, 0.15) is 12.8 Å². The van der Waals surface area contributed by atoms with Gasteiger partial charge in [-0.3, -0.25) is 4.68 Å². The Morgan fingerprint density at radius 2 is 2.45 bits per heavy atom. The van der Waals surface area contributed by atoms with Crippen LogP contribution in [0.4, 0.5) is 0 Å². The molecule has 4 heteroatoms. The predicted molar refractivity (Wildman–Crippen MR) is 38.8 cm³/mol. The van der Waals surface area contributed by atoms with Crippen LogP contribution in [-0.2, 0) is 6.54 Å². The van der Waals surface area contributed by atoms with Crippen LogP contribution >= 0.6 is 0 Å².